The summed E-state index contributed by atoms with van der Waals surface area (Å²) in [5.41, 5.74) is 2.24. The number of carbonyl (C=O) groups is 1. The van der Waals surface area contributed by atoms with Gasteiger partial charge >= 0.3 is 5.97 Å². The predicted molar refractivity (Wildman–Crippen MR) is 102 cm³/mol. The summed E-state index contributed by atoms with van der Waals surface area (Å²) in [5, 5.41) is 20.6. The van der Waals surface area contributed by atoms with Crippen LogP contribution in [0.3, 0.4) is 0 Å². The zero-order chi connectivity index (χ0) is 18.5. The molecule has 3 rings (SSSR count). The van der Waals surface area contributed by atoms with Crippen LogP contribution in [0.5, 0.6) is 5.75 Å². The summed E-state index contributed by atoms with van der Waals surface area (Å²) in [5.74, 6) is -0.180. The van der Waals surface area contributed by atoms with Crippen molar-refractivity contribution in [3.63, 3.8) is 0 Å². The Kier molecular flexibility index (Phi) is 5.00. The molecule has 0 fully saturated rings. The standard InChI is InChI=1S/C22H17NO3/c1-2-26-21-12-11-17(19-5-3-4-6-20(19)21)13-18(14-23)15-7-9-16(10-8-15)22(24)25/h3-13H,2H2,1H3,(H,24,25)/b18-13-. The fourth-order valence-corrected chi connectivity index (χ4v) is 2.83. The van der Waals surface area contributed by atoms with E-state index in [1.807, 2.05) is 49.4 Å². The molecule has 0 spiro atoms. The summed E-state index contributed by atoms with van der Waals surface area (Å²) in [7, 11) is 0. The Morgan fingerprint density at radius 1 is 1.04 bits per heavy atom. The number of nitrogens with zero attached hydrogens (tertiary/aromatic N) is 1. The Hall–Kier alpha value is -3.58. The van der Waals surface area contributed by atoms with E-state index in [1.165, 1.54) is 12.1 Å². The molecule has 0 unspecified atom stereocenters. The van der Waals surface area contributed by atoms with E-state index in [2.05, 4.69) is 6.07 Å². The molecule has 0 atom stereocenters. The van der Waals surface area contributed by atoms with E-state index in [0.717, 1.165) is 22.1 Å². The van der Waals surface area contributed by atoms with Crippen LogP contribution in [0.2, 0.25) is 0 Å². The highest BCUT2D eigenvalue weighted by molar-refractivity contribution is 6.00. The summed E-state index contributed by atoms with van der Waals surface area (Å²) in [6.45, 7) is 2.52. The maximum absolute atomic E-state index is 11.0. The average molecular weight is 343 g/mol. The van der Waals surface area contributed by atoms with Gasteiger partial charge in [-0.3, -0.25) is 0 Å². The maximum atomic E-state index is 11.0. The molecule has 26 heavy (non-hydrogen) atoms. The van der Waals surface area contributed by atoms with Crippen molar-refractivity contribution >= 4 is 28.4 Å². The lowest BCUT2D eigenvalue weighted by Crippen LogP contribution is -1.95. The van der Waals surface area contributed by atoms with Gasteiger partial charge in [-0.15, -0.1) is 0 Å². The normalized spacial score (nSPS) is 11.2. The quantitative estimate of drug-likeness (QED) is 0.523. The highest BCUT2D eigenvalue weighted by Gasteiger charge is 2.08. The van der Waals surface area contributed by atoms with Gasteiger partial charge in [-0.05, 0) is 47.7 Å². The Balaban J connectivity index is 2.09. The van der Waals surface area contributed by atoms with Gasteiger partial charge in [-0.2, -0.15) is 5.26 Å². The molecule has 0 saturated carbocycles. The number of benzene rings is 3. The topological polar surface area (TPSA) is 70.3 Å². The molecule has 128 valence electrons. The number of carboxylic acids is 1. The molecular formula is C22H17NO3. The molecule has 0 saturated heterocycles. The fraction of sp³-hybridized carbons (Fsp3) is 0.0909. The van der Waals surface area contributed by atoms with Crippen LogP contribution in [0.4, 0.5) is 0 Å². The third-order valence-electron chi connectivity index (χ3n) is 4.08. The van der Waals surface area contributed by atoms with Gasteiger partial charge in [0.05, 0.1) is 23.8 Å². The van der Waals surface area contributed by atoms with Crippen molar-refractivity contribution in [3.05, 3.63) is 77.4 Å². The summed E-state index contributed by atoms with van der Waals surface area (Å²) >= 11 is 0. The molecule has 3 aromatic carbocycles. The van der Waals surface area contributed by atoms with Crippen molar-refractivity contribution in [3.8, 4) is 11.8 Å². The second kappa shape index (κ2) is 7.54. The molecule has 0 aliphatic carbocycles. The van der Waals surface area contributed by atoms with E-state index in [-0.39, 0.29) is 5.56 Å². The number of ether oxygens (including phenoxy) is 1. The Bertz CT molecular complexity index is 1030. The van der Waals surface area contributed by atoms with Crippen LogP contribution in [-0.2, 0) is 0 Å². The van der Waals surface area contributed by atoms with E-state index < -0.39 is 5.97 Å². The van der Waals surface area contributed by atoms with Gasteiger partial charge in [0.25, 0.3) is 0 Å². The Morgan fingerprint density at radius 3 is 2.31 bits per heavy atom. The lowest BCUT2D eigenvalue weighted by Gasteiger charge is -2.10. The minimum atomic E-state index is -0.989. The van der Waals surface area contributed by atoms with Gasteiger partial charge in [-0.1, -0.05) is 42.5 Å². The second-order valence-corrected chi connectivity index (χ2v) is 5.68. The summed E-state index contributed by atoms with van der Waals surface area (Å²) in [6.07, 6.45) is 1.81. The molecule has 4 heteroatoms. The Morgan fingerprint density at radius 2 is 1.69 bits per heavy atom. The van der Waals surface area contributed by atoms with Crippen LogP contribution in [-0.4, -0.2) is 17.7 Å². The van der Waals surface area contributed by atoms with Crippen LogP contribution in [0.15, 0.2) is 60.7 Å². The molecule has 3 aromatic rings. The molecule has 0 aliphatic rings. The largest absolute Gasteiger partial charge is 0.493 e. The molecule has 0 heterocycles. The minimum Gasteiger partial charge on any atom is -0.493 e. The molecule has 4 nitrogen and oxygen atoms in total. The third-order valence-corrected chi connectivity index (χ3v) is 4.08. The second-order valence-electron chi connectivity index (χ2n) is 5.68. The zero-order valence-electron chi connectivity index (χ0n) is 14.3. The van der Waals surface area contributed by atoms with E-state index in [4.69, 9.17) is 9.84 Å². The van der Waals surface area contributed by atoms with Crippen LogP contribution in [0, 0.1) is 11.3 Å². The highest BCUT2D eigenvalue weighted by atomic mass is 16.5. The number of hydrogen-bond acceptors (Lipinski definition) is 3. The van der Waals surface area contributed by atoms with Crippen molar-refractivity contribution < 1.29 is 14.6 Å². The summed E-state index contributed by atoms with van der Waals surface area (Å²) in [4.78, 5) is 11.0. The lowest BCUT2D eigenvalue weighted by molar-refractivity contribution is 0.0697. The van der Waals surface area contributed by atoms with Gasteiger partial charge in [-0.25, -0.2) is 4.79 Å². The van der Waals surface area contributed by atoms with Crippen LogP contribution in [0.25, 0.3) is 22.4 Å². The molecular weight excluding hydrogens is 326 g/mol. The number of rotatable bonds is 5. The highest BCUT2D eigenvalue weighted by Crippen LogP contribution is 2.31. The lowest BCUT2D eigenvalue weighted by atomic mass is 9.98. The van der Waals surface area contributed by atoms with Gasteiger partial charge in [0.15, 0.2) is 0 Å². The number of fused-ring (bicyclic) bond motifs is 1. The Labute approximate surface area is 151 Å². The number of aromatic carboxylic acids is 1. The fourth-order valence-electron chi connectivity index (χ4n) is 2.83. The number of nitriles is 1. The van der Waals surface area contributed by atoms with Crippen LogP contribution >= 0.6 is 0 Å². The van der Waals surface area contributed by atoms with E-state index in [1.54, 1.807) is 12.1 Å². The third kappa shape index (κ3) is 3.42. The molecule has 1 N–H and O–H groups in total. The molecule has 0 aromatic heterocycles. The van der Waals surface area contributed by atoms with Gasteiger partial charge in [0, 0.05) is 5.39 Å². The summed E-state index contributed by atoms with van der Waals surface area (Å²) in [6, 6.07) is 20.2. The molecule has 0 aliphatic heterocycles. The SMILES string of the molecule is CCOc1ccc(/C=C(/C#N)c2ccc(C(=O)O)cc2)c2ccccc12. The first kappa shape index (κ1) is 17.2. The zero-order valence-corrected chi connectivity index (χ0v) is 14.3. The average Bonchev–Trinajstić information content (AvgIpc) is 2.67. The van der Waals surface area contributed by atoms with E-state index in [0.29, 0.717) is 17.7 Å². The van der Waals surface area contributed by atoms with Crippen molar-refractivity contribution in [2.75, 3.05) is 6.61 Å². The molecule has 0 amide bonds. The summed E-state index contributed by atoms with van der Waals surface area (Å²) < 4.78 is 5.68. The number of allylic oxidation sites excluding steroid dienone is 1. The molecule has 0 bridgehead atoms. The monoisotopic (exact) mass is 343 g/mol. The van der Waals surface area contributed by atoms with Crippen molar-refractivity contribution in [2.24, 2.45) is 0 Å². The van der Waals surface area contributed by atoms with Crippen LogP contribution < -0.4 is 4.74 Å². The van der Waals surface area contributed by atoms with Gasteiger partial charge < -0.3 is 9.84 Å². The van der Waals surface area contributed by atoms with Crippen molar-refractivity contribution in [2.45, 2.75) is 6.92 Å². The van der Waals surface area contributed by atoms with Gasteiger partial charge in [0.2, 0.25) is 0 Å². The van der Waals surface area contributed by atoms with E-state index in [9.17, 15) is 10.1 Å². The minimum absolute atomic E-state index is 0.192. The number of hydrogen-bond donors (Lipinski definition) is 1. The van der Waals surface area contributed by atoms with Crippen LogP contribution in [0.1, 0.15) is 28.4 Å². The first-order chi connectivity index (χ1) is 12.6. The number of carboxylic acid groups (broad SMARTS) is 1. The van der Waals surface area contributed by atoms with Gasteiger partial charge in [0.1, 0.15) is 5.75 Å². The van der Waals surface area contributed by atoms with Crippen molar-refractivity contribution in [1.82, 2.24) is 0 Å². The molecule has 0 radical (unpaired) electrons. The predicted octanol–water partition coefficient (Wildman–Crippen LogP) is 5.00. The van der Waals surface area contributed by atoms with E-state index >= 15 is 0 Å². The smallest absolute Gasteiger partial charge is 0.335 e. The maximum Gasteiger partial charge on any atom is 0.335 e. The van der Waals surface area contributed by atoms with Crippen molar-refractivity contribution in [1.29, 1.82) is 5.26 Å². The first-order valence-corrected chi connectivity index (χ1v) is 8.24. The first-order valence-electron chi connectivity index (χ1n) is 8.24.